The molecule has 0 aliphatic heterocycles. The van der Waals surface area contributed by atoms with E-state index in [1.165, 1.54) is 0 Å². The van der Waals surface area contributed by atoms with Gasteiger partial charge in [0.25, 0.3) is 0 Å². The van der Waals surface area contributed by atoms with Crippen molar-refractivity contribution in [2.45, 2.75) is 33.7 Å². The van der Waals surface area contributed by atoms with Gasteiger partial charge in [0.1, 0.15) is 0 Å². The van der Waals surface area contributed by atoms with E-state index in [-0.39, 0.29) is 18.6 Å². The SMILES string of the molecule is CC(C)NC(=O)NCC(C)(C)C(=O)O. The third-order valence-corrected chi connectivity index (χ3v) is 1.69. The Morgan fingerprint density at radius 2 is 1.86 bits per heavy atom. The number of amides is 2. The molecule has 0 aromatic rings. The van der Waals surface area contributed by atoms with Crippen LogP contribution in [0.25, 0.3) is 0 Å². The first-order chi connectivity index (χ1) is 6.25. The maximum Gasteiger partial charge on any atom is 0.315 e. The number of carbonyl (C=O) groups excluding carboxylic acids is 1. The zero-order valence-electron chi connectivity index (χ0n) is 9.05. The van der Waals surface area contributed by atoms with Crippen molar-refractivity contribution in [1.29, 1.82) is 0 Å². The molecule has 0 saturated heterocycles. The molecular weight excluding hydrogens is 184 g/mol. The van der Waals surface area contributed by atoms with Gasteiger partial charge in [-0.05, 0) is 27.7 Å². The largest absolute Gasteiger partial charge is 0.481 e. The normalized spacial score (nSPS) is 11.2. The Hall–Kier alpha value is -1.26. The van der Waals surface area contributed by atoms with Crippen LogP contribution in [0.5, 0.6) is 0 Å². The van der Waals surface area contributed by atoms with E-state index in [2.05, 4.69) is 10.6 Å². The van der Waals surface area contributed by atoms with Gasteiger partial charge in [0.05, 0.1) is 5.41 Å². The summed E-state index contributed by atoms with van der Waals surface area (Å²) in [6.07, 6.45) is 0. The molecule has 2 amide bonds. The second kappa shape index (κ2) is 4.83. The zero-order valence-corrected chi connectivity index (χ0v) is 9.05. The summed E-state index contributed by atoms with van der Waals surface area (Å²) in [7, 11) is 0. The molecule has 0 aliphatic rings. The van der Waals surface area contributed by atoms with E-state index in [0.717, 1.165) is 0 Å². The van der Waals surface area contributed by atoms with Crippen LogP contribution in [0.2, 0.25) is 0 Å². The van der Waals surface area contributed by atoms with Crippen molar-refractivity contribution in [2.75, 3.05) is 6.54 Å². The van der Waals surface area contributed by atoms with Crippen molar-refractivity contribution in [3.05, 3.63) is 0 Å². The smallest absolute Gasteiger partial charge is 0.315 e. The van der Waals surface area contributed by atoms with E-state index in [0.29, 0.717) is 0 Å². The molecule has 3 N–H and O–H groups in total. The Morgan fingerprint density at radius 1 is 1.36 bits per heavy atom. The van der Waals surface area contributed by atoms with Crippen LogP contribution in [0.3, 0.4) is 0 Å². The summed E-state index contributed by atoms with van der Waals surface area (Å²) >= 11 is 0. The first kappa shape index (κ1) is 12.7. The number of nitrogens with one attached hydrogen (secondary N) is 2. The Balaban J connectivity index is 3.94. The van der Waals surface area contributed by atoms with Crippen molar-refractivity contribution in [3.63, 3.8) is 0 Å². The molecule has 0 radical (unpaired) electrons. The topological polar surface area (TPSA) is 78.4 Å². The predicted molar refractivity (Wildman–Crippen MR) is 53.1 cm³/mol. The molecule has 0 aromatic carbocycles. The maximum atomic E-state index is 11.1. The highest BCUT2D eigenvalue weighted by molar-refractivity contribution is 5.77. The monoisotopic (exact) mass is 202 g/mol. The lowest BCUT2D eigenvalue weighted by Crippen LogP contribution is -2.45. The van der Waals surface area contributed by atoms with Crippen molar-refractivity contribution >= 4 is 12.0 Å². The summed E-state index contributed by atoms with van der Waals surface area (Å²) in [4.78, 5) is 21.8. The van der Waals surface area contributed by atoms with E-state index in [1.807, 2.05) is 13.8 Å². The van der Waals surface area contributed by atoms with Gasteiger partial charge in [0, 0.05) is 12.6 Å². The minimum absolute atomic E-state index is 0.0444. The summed E-state index contributed by atoms with van der Waals surface area (Å²) in [5, 5.41) is 13.9. The zero-order chi connectivity index (χ0) is 11.4. The fourth-order valence-corrected chi connectivity index (χ4v) is 0.690. The number of urea groups is 1. The molecular formula is C9H18N2O3. The molecule has 0 fully saturated rings. The van der Waals surface area contributed by atoms with Gasteiger partial charge >= 0.3 is 12.0 Å². The predicted octanol–water partition coefficient (Wildman–Crippen LogP) is 0.805. The molecule has 0 aromatic heterocycles. The first-order valence-corrected chi connectivity index (χ1v) is 4.53. The molecule has 14 heavy (non-hydrogen) atoms. The summed E-state index contributed by atoms with van der Waals surface area (Å²) < 4.78 is 0. The van der Waals surface area contributed by atoms with Gasteiger partial charge < -0.3 is 15.7 Å². The van der Waals surface area contributed by atoms with Gasteiger partial charge in [-0.3, -0.25) is 4.79 Å². The molecule has 0 saturated carbocycles. The number of carboxylic acid groups (broad SMARTS) is 1. The van der Waals surface area contributed by atoms with Gasteiger partial charge in [0.15, 0.2) is 0 Å². The fraction of sp³-hybridized carbons (Fsp3) is 0.778. The van der Waals surface area contributed by atoms with Crippen molar-refractivity contribution < 1.29 is 14.7 Å². The van der Waals surface area contributed by atoms with Crippen LogP contribution >= 0.6 is 0 Å². The Morgan fingerprint density at radius 3 is 2.21 bits per heavy atom. The highest BCUT2D eigenvalue weighted by Crippen LogP contribution is 2.12. The van der Waals surface area contributed by atoms with Crippen molar-refractivity contribution in [2.24, 2.45) is 5.41 Å². The number of aliphatic carboxylic acids is 1. The maximum absolute atomic E-state index is 11.1. The molecule has 0 unspecified atom stereocenters. The average Bonchev–Trinajstić information content (AvgIpc) is 1.99. The minimum atomic E-state index is -0.936. The third kappa shape index (κ3) is 4.69. The van der Waals surface area contributed by atoms with Crippen molar-refractivity contribution in [1.82, 2.24) is 10.6 Å². The summed E-state index contributed by atoms with van der Waals surface area (Å²) in [5.41, 5.74) is -0.936. The van der Waals surface area contributed by atoms with Crippen LogP contribution in [0.4, 0.5) is 4.79 Å². The van der Waals surface area contributed by atoms with Crippen LogP contribution in [0.1, 0.15) is 27.7 Å². The fourth-order valence-electron chi connectivity index (χ4n) is 0.690. The van der Waals surface area contributed by atoms with E-state index < -0.39 is 11.4 Å². The summed E-state index contributed by atoms with van der Waals surface area (Å²) in [6, 6.07) is -0.294. The lowest BCUT2D eigenvalue weighted by molar-refractivity contribution is -0.146. The van der Waals surface area contributed by atoms with E-state index in [1.54, 1.807) is 13.8 Å². The van der Waals surface area contributed by atoms with Gasteiger partial charge in [-0.1, -0.05) is 0 Å². The average molecular weight is 202 g/mol. The summed E-state index contributed by atoms with van der Waals surface area (Å²) in [6.45, 7) is 6.90. The molecule has 5 nitrogen and oxygen atoms in total. The van der Waals surface area contributed by atoms with Crippen molar-refractivity contribution in [3.8, 4) is 0 Å². The van der Waals surface area contributed by atoms with Gasteiger partial charge in [-0.2, -0.15) is 0 Å². The Labute approximate surface area is 83.9 Å². The Bertz CT molecular complexity index is 224. The lowest BCUT2D eigenvalue weighted by atomic mass is 9.94. The summed E-state index contributed by atoms with van der Waals surface area (Å²) in [5.74, 6) is -0.928. The minimum Gasteiger partial charge on any atom is -0.481 e. The molecule has 0 rings (SSSR count). The molecule has 0 heterocycles. The standard InChI is InChI=1S/C9H18N2O3/c1-6(2)11-8(14)10-5-9(3,4)7(12)13/h6H,5H2,1-4H3,(H,12,13)(H2,10,11,14). The lowest BCUT2D eigenvalue weighted by Gasteiger charge is -2.20. The number of carbonyl (C=O) groups is 2. The van der Waals surface area contributed by atoms with Gasteiger partial charge in [-0.15, -0.1) is 0 Å². The second-order valence-electron chi connectivity index (χ2n) is 4.17. The molecule has 0 spiro atoms. The molecule has 0 aliphatic carbocycles. The number of hydrogen-bond donors (Lipinski definition) is 3. The van der Waals surface area contributed by atoms with Crippen LogP contribution in [-0.4, -0.2) is 29.7 Å². The van der Waals surface area contributed by atoms with E-state index in [9.17, 15) is 9.59 Å². The molecule has 82 valence electrons. The molecule has 5 heteroatoms. The highest BCUT2D eigenvalue weighted by atomic mass is 16.4. The van der Waals surface area contributed by atoms with Crippen LogP contribution in [-0.2, 0) is 4.79 Å². The Kier molecular flexibility index (Phi) is 4.40. The highest BCUT2D eigenvalue weighted by Gasteiger charge is 2.27. The third-order valence-electron chi connectivity index (χ3n) is 1.69. The number of carboxylic acids is 1. The van der Waals surface area contributed by atoms with Gasteiger partial charge in [-0.25, -0.2) is 4.79 Å². The van der Waals surface area contributed by atoms with Crippen LogP contribution < -0.4 is 10.6 Å². The number of rotatable bonds is 4. The molecule has 0 atom stereocenters. The van der Waals surface area contributed by atoms with E-state index >= 15 is 0 Å². The first-order valence-electron chi connectivity index (χ1n) is 4.53. The van der Waals surface area contributed by atoms with Crippen LogP contribution in [0.15, 0.2) is 0 Å². The quantitative estimate of drug-likeness (QED) is 0.631. The van der Waals surface area contributed by atoms with Gasteiger partial charge in [0.2, 0.25) is 0 Å². The van der Waals surface area contributed by atoms with Crippen LogP contribution in [0, 0.1) is 5.41 Å². The second-order valence-corrected chi connectivity index (χ2v) is 4.17. The number of hydrogen-bond acceptors (Lipinski definition) is 2. The molecule has 0 bridgehead atoms. The van der Waals surface area contributed by atoms with E-state index in [4.69, 9.17) is 5.11 Å².